The second kappa shape index (κ2) is 7.67. The number of piperidine rings is 1. The molecule has 0 N–H and O–H groups in total. The Labute approximate surface area is 149 Å². The van der Waals surface area contributed by atoms with E-state index in [4.69, 9.17) is 0 Å². The largest absolute Gasteiger partial charge is 0.298 e. The predicted octanol–water partition coefficient (Wildman–Crippen LogP) is 3.81. The van der Waals surface area contributed by atoms with Gasteiger partial charge in [-0.25, -0.2) is 0 Å². The Morgan fingerprint density at radius 1 is 0.917 bits per heavy atom. The maximum atomic E-state index is 2.69. The SMILES string of the molecule is CC(C)(C)N1CCCC(C[Si](c2ccccc2)c2ccccc2)C1. The summed E-state index contributed by atoms with van der Waals surface area (Å²) in [5.41, 5.74) is 0.297. The summed E-state index contributed by atoms with van der Waals surface area (Å²) in [6.45, 7) is 9.59. The summed E-state index contributed by atoms with van der Waals surface area (Å²) >= 11 is 0. The zero-order chi connectivity index (χ0) is 17.0. The fourth-order valence-electron chi connectivity index (χ4n) is 3.81. The molecule has 127 valence electrons. The Bertz CT molecular complexity index is 578. The van der Waals surface area contributed by atoms with Gasteiger partial charge in [-0.1, -0.05) is 71.0 Å². The van der Waals surface area contributed by atoms with E-state index < -0.39 is 8.80 Å². The molecule has 1 aliphatic heterocycles. The van der Waals surface area contributed by atoms with Crippen molar-refractivity contribution in [2.75, 3.05) is 13.1 Å². The lowest BCUT2D eigenvalue weighted by Gasteiger charge is -2.42. The minimum atomic E-state index is -0.693. The first-order chi connectivity index (χ1) is 11.5. The van der Waals surface area contributed by atoms with Gasteiger partial charge in [0.25, 0.3) is 0 Å². The fourth-order valence-corrected chi connectivity index (χ4v) is 6.72. The summed E-state index contributed by atoms with van der Waals surface area (Å²) in [6, 6.07) is 23.8. The molecular formula is C22H30NSi. The molecule has 1 heterocycles. The van der Waals surface area contributed by atoms with Crippen LogP contribution in [0.4, 0.5) is 0 Å². The zero-order valence-corrected chi connectivity index (χ0v) is 16.3. The normalized spacial score (nSPS) is 19.6. The first-order valence-corrected chi connectivity index (χ1v) is 11.0. The van der Waals surface area contributed by atoms with E-state index in [0.717, 1.165) is 5.92 Å². The van der Waals surface area contributed by atoms with Crippen LogP contribution in [0.5, 0.6) is 0 Å². The zero-order valence-electron chi connectivity index (χ0n) is 15.3. The Balaban J connectivity index is 1.80. The van der Waals surface area contributed by atoms with Gasteiger partial charge in [0.05, 0.1) is 0 Å². The quantitative estimate of drug-likeness (QED) is 0.768. The van der Waals surface area contributed by atoms with E-state index in [1.807, 2.05) is 0 Å². The third kappa shape index (κ3) is 4.37. The van der Waals surface area contributed by atoms with Gasteiger partial charge in [-0.15, -0.1) is 0 Å². The topological polar surface area (TPSA) is 3.24 Å². The first kappa shape index (κ1) is 17.4. The standard InChI is InChI=1S/C22H30NSi/c1-22(2,3)23-16-10-11-19(17-23)18-24(20-12-6-4-7-13-20)21-14-8-5-9-15-21/h4-9,12-15,19H,10-11,16-18H2,1-3H3. The number of hydrogen-bond acceptors (Lipinski definition) is 1. The molecule has 0 spiro atoms. The molecule has 0 aliphatic carbocycles. The molecule has 1 radical (unpaired) electrons. The lowest BCUT2D eigenvalue weighted by molar-refractivity contribution is 0.0843. The fraction of sp³-hybridized carbons (Fsp3) is 0.455. The molecule has 0 bridgehead atoms. The monoisotopic (exact) mass is 336 g/mol. The van der Waals surface area contributed by atoms with Gasteiger partial charge in [-0.2, -0.15) is 0 Å². The molecule has 1 aliphatic rings. The number of benzene rings is 2. The Kier molecular flexibility index (Phi) is 5.57. The molecule has 24 heavy (non-hydrogen) atoms. The highest BCUT2D eigenvalue weighted by atomic mass is 28.3. The van der Waals surface area contributed by atoms with Crippen LogP contribution in [0.3, 0.4) is 0 Å². The minimum absolute atomic E-state index is 0.297. The van der Waals surface area contributed by atoms with Gasteiger partial charge in [-0.05, 0) is 52.1 Å². The number of likely N-dealkylation sites (tertiary alicyclic amines) is 1. The third-order valence-electron chi connectivity index (χ3n) is 5.20. The van der Waals surface area contributed by atoms with Crippen LogP contribution in [0.25, 0.3) is 0 Å². The second-order valence-electron chi connectivity index (χ2n) is 8.04. The maximum absolute atomic E-state index is 2.69. The third-order valence-corrected chi connectivity index (χ3v) is 8.25. The maximum Gasteiger partial charge on any atom is 0.121 e. The number of nitrogens with zero attached hydrogens (tertiary/aromatic N) is 1. The molecule has 0 amide bonds. The van der Waals surface area contributed by atoms with Gasteiger partial charge >= 0.3 is 0 Å². The van der Waals surface area contributed by atoms with Crippen LogP contribution in [0.1, 0.15) is 33.6 Å². The highest BCUT2D eigenvalue weighted by molar-refractivity contribution is 6.85. The van der Waals surface area contributed by atoms with E-state index in [0.29, 0.717) is 5.54 Å². The summed E-state index contributed by atoms with van der Waals surface area (Å²) in [5, 5.41) is 3.11. The minimum Gasteiger partial charge on any atom is -0.298 e. The van der Waals surface area contributed by atoms with Crippen LogP contribution < -0.4 is 10.4 Å². The summed E-state index contributed by atoms with van der Waals surface area (Å²) in [5.74, 6) is 0.826. The molecule has 0 saturated carbocycles. The predicted molar refractivity (Wildman–Crippen MR) is 107 cm³/mol. The molecule has 1 unspecified atom stereocenters. The van der Waals surface area contributed by atoms with Crippen LogP contribution in [-0.4, -0.2) is 32.3 Å². The first-order valence-electron chi connectivity index (χ1n) is 9.26. The smallest absolute Gasteiger partial charge is 0.121 e. The van der Waals surface area contributed by atoms with Crippen molar-refractivity contribution < 1.29 is 0 Å². The van der Waals surface area contributed by atoms with E-state index in [1.165, 1.54) is 32.0 Å². The van der Waals surface area contributed by atoms with Gasteiger partial charge in [0, 0.05) is 12.1 Å². The van der Waals surface area contributed by atoms with E-state index in [-0.39, 0.29) is 0 Å². The molecule has 0 aromatic heterocycles. The Morgan fingerprint density at radius 3 is 1.96 bits per heavy atom. The van der Waals surface area contributed by atoms with Gasteiger partial charge < -0.3 is 0 Å². The summed E-state index contributed by atoms with van der Waals surface area (Å²) in [6.07, 6.45) is 2.74. The molecule has 2 aromatic rings. The lowest BCUT2D eigenvalue weighted by Crippen LogP contribution is -2.50. The molecule has 2 aromatic carbocycles. The Hall–Kier alpha value is -1.38. The molecule has 1 nitrogen and oxygen atoms in total. The summed E-state index contributed by atoms with van der Waals surface area (Å²) in [4.78, 5) is 2.69. The van der Waals surface area contributed by atoms with E-state index >= 15 is 0 Å². The van der Waals surface area contributed by atoms with E-state index in [2.05, 4.69) is 86.3 Å². The van der Waals surface area contributed by atoms with Gasteiger partial charge in [-0.3, -0.25) is 4.90 Å². The molecule has 2 heteroatoms. The highest BCUT2D eigenvalue weighted by Gasteiger charge is 2.30. The average Bonchev–Trinajstić information content (AvgIpc) is 2.61. The van der Waals surface area contributed by atoms with Crippen LogP contribution in [-0.2, 0) is 0 Å². The lowest BCUT2D eigenvalue weighted by atomic mass is 9.95. The van der Waals surface area contributed by atoms with Gasteiger partial charge in [0.15, 0.2) is 0 Å². The van der Waals surface area contributed by atoms with Crippen molar-refractivity contribution in [1.29, 1.82) is 0 Å². The molecular weight excluding hydrogens is 306 g/mol. The van der Waals surface area contributed by atoms with Crippen molar-refractivity contribution in [3.05, 3.63) is 60.7 Å². The van der Waals surface area contributed by atoms with Gasteiger partial charge in [0.2, 0.25) is 0 Å². The van der Waals surface area contributed by atoms with E-state index in [1.54, 1.807) is 10.4 Å². The Morgan fingerprint density at radius 2 is 1.46 bits per heavy atom. The van der Waals surface area contributed by atoms with Crippen molar-refractivity contribution in [3.8, 4) is 0 Å². The molecule has 3 rings (SSSR count). The van der Waals surface area contributed by atoms with Crippen LogP contribution in [0.15, 0.2) is 60.7 Å². The van der Waals surface area contributed by atoms with E-state index in [9.17, 15) is 0 Å². The summed E-state index contributed by atoms with van der Waals surface area (Å²) < 4.78 is 0. The second-order valence-corrected chi connectivity index (χ2v) is 10.6. The average molecular weight is 337 g/mol. The molecule has 1 fully saturated rings. The summed E-state index contributed by atoms with van der Waals surface area (Å²) in [7, 11) is -0.693. The van der Waals surface area contributed by atoms with Crippen molar-refractivity contribution in [2.24, 2.45) is 5.92 Å². The van der Waals surface area contributed by atoms with Crippen molar-refractivity contribution >= 4 is 19.2 Å². The van der Waals surface area contributed by atoms with Crippen LogP contribution in [0.2, 0.25) is 6.04 Å². The van der Waals surface area contributed by atoms with Crippen molar-refractivity contribution in [1.82, 2.24) is 4.90 Å². The van der Waals surface area contributed by atoms with Crippen molar-refractivity contribution in [3.63, 3.8) is 0 Å². The van der Waals surface area contributed by atoms with Gasteiger partial charge in [0.1, 0.15) is 8.80 Å². The number of rotatable bonds is 4. The molecule has 1 atom stereocenters. The van der Waals surface area contributed by atoms with Crippen LogP contribution >= 0.6 is 0 Å². The highest BCUT2D eigenvalue weighted by Crippen LogP contribution is 2.26. The van der Waals surface area contributed by atoms with Crippen molar-refractivity contribution in [2.45, 2.75) is 45.2 Å². The van der Waals surface area contributed by atoms with Crippen LogP contribution in [0, 0.1) is 5.92 Å². The molecule has 1 saturated heterocycles. The number of hydrogen-bond donors (Lipinski definition) is 0.